The first kappa shape index (κ1) is 36.5. The number of rotatable bonds is 5. The first-order chi connectivity index (χ1) is 31.2. The van der Waals surface area contributed by atoms with Crippen LogP contribution in [-0.2, 0) is 0 Å². The molecule has 0 unspecified atom stereocenters. The molecule has 4 heterocycles. The second kappa shape index (κ2) is 14.7. The van der Waals surface area contributed by atoms with Crippen molar-refractivity contribution in [1.82, 2.24) is 19.5 Å². The van der Waals surface area contributed by atoms with Crippen molar-refractivity contribution < 1.29 is 8.83 Å². The molecular weight excluding hydrogens is 773 g/mol. The van der Waals surface area contributed by atoms with Gasteiger partial charge in [-0.1, -0.05) is 153 Å². The summed E-state index contributed by atoms with van der Waals surface area (Å²) in [5.74, 6) is 1.76. The van der Waals surface area contributed by atoms with Gasteiger partial charge in [0, 0.05) is 60.3 Å². The summed E-state index contributed by atoms with van der Waals surface area (Å²) in [5.41, 5.74) is 11.5. The topological polar surface area (TPSA) is 69.9 Å². The third kappa shape index (κ3) is 5.91. The number of para-hydroxylation sites is 3. The molecule has 0 saturated carbocycles. The first-order valence-electron chi connectivity index (χ1n) is 21.4. The minimum absolute atomic E-state index is 0.574. The molecule has 0 atom stereocenters. The molecule has 0 N–H and O–H groups in total. The summed E-state index contributed by atoms with van der Waals surface area (Å²) in [6.45, 7) is 4.00. The maximum Gasteiger partial charge on any atom is 0.164 e. The second-order valence-corrected chi connectivity index (χ2v) is 15.6. The molecular formula is C57H38N4O2. The maximum atomic E-state index is 6.56. The zero-order valence-corrected chi connectivity index (χ0v) is 34.6. The number of hydrogen-bond donors (Lipinski definition) is 0. The normalized spacial score (nSPS) is 11.7. The third-order valence-corrected chi connectivity index (χ3v) is 12.0. The van der Waals surface area contributed by atoms with E-state index in [-0.39, 0.29) is 0 Å². The van der Waals surface area contributed by atoms with Gasteiger partial charge in [-0.25, -0.2) is 15.0 Å². The van der Waals surface area contributed by atoms with Gasteiger partial charge in [0.1, 0.15) is 22.3 Å². The van der Waals surface area contributed by atoms with Crippen LogP contribution >= 0.6 is 0 Å². The molecule has 63 heavy (non-hydrogen) atoms. The summed E-state index contributed by atoms with van der Waals surface area (Å²) in [7, 11) is 0. The fourth-order valence-corrected chi connectivity index (χ4v) is 9.23. The van der Waals surface area contributed by atoms with Crippen LogP contribution in [0, 0.1) is 0 Å². The van der Waals surface area contributed by atoms with Crippen LogP contribution in [0.3, 0.4) is 0 Å². The molecule has 13 aromatic rings. The van der Waals surface area contributed by atoms with E-state index in [1.807, 2.05) is 68.4 Å². The highest BCUT2D eigenvalue weighted by molar-refractivity contribution is 6.20. The van der Waals surface area contributed by atoms with E-state index in [2.05, 4.69) is 144 Å². The van der Waals surface area contributed by atoms with Gasteiger partial charge in [0.15, 0.2) is 17.5 Å². The van der Waals surface area contributed by atoms with Crippen molar-refractivity contribution in [3.63, 3.8) is 0 Å². The SMILES string of the molecule is CC.c1ccc(-c2nc(-c3cccc(-n4c5ccccc5c5cccc(-c6ccc7c(c6)oc6ccc8ccccc8c67)c54)c3)nc(-c3ccc4c(c3)oc3ccccc34)n2)cc1. The molecule has 0 aliphatic heterocycles. The lowest BCUT2D eigenvalue weighted by Crippen LogP contribution is -2.01. The summed E-state index contributed by atoms with van der Waals surface area (Å²) in [5, 5.41) is 9.14. The Morgan fingerprint density at radius 1 is 0.365 bits per heavy atom. The van der Waals surface area contributed by atoms with Gasteiger partial charge in [-0.3, -0.25) is 0 Å². The largest absolute Gasteiger partial charge is 0.456 e. The smallest absolute Gasteiger partial charge is 0.164 e. The van der Waals surface area contributed by atoms with Crippen molar-refractivity contribution in [2.45, 2.75) is 13.8 Å². The Hall–Kier alpha value is -8.35. The number of benzene rings is 9. The van der Waals surface area contributed by atoms with Gasteiger partial charge >= 0.3 is 0 Å². The third-order valence-electron chi connectivity index (χ3n) is 12.0. The highest BCUT2D eigenvalue weighted by Gasteiger charge is 2.20. The second-order valence-electron chi connectivity index (χ2n) is 15.6. The fraction of sp³-hybridized carbons (Fsp3) is 0.0351. The van der Waals surface area contributed by atoms with E-state index >= 15 is 0 Å². The maximum absolute atomic E-state index is 6.56. The first-order valence-corrected chi connectivity index (χ1v) is 21.4. The lowest BCUT2D eigenvalue weighted by molar-refractivity contribution is 0.669. The van der Waals surface area contributed by atoms with Crippen LogP contribution in [0.2, 0.25) is 0 Å². The van der Waals surface area contributed by atoms with Gasteiger partial charge in [0.25, 0.3) is 0 Å². The molecule has 0 aliphatic carbocycles. The zero-order chi connectivity index (χ0) is 42.0. The summed E-state index contributed by atoms with van der Waals surface area (Å²) in [6, 6.07) is 67.5. The Bertz CT molecular complexity index is 3900. The lowest BCUT2D eigenvalue weighted by atomic mass is 9.99. The average molecular weight is 811 g/mol. The number of hydrogen-bond acceptors (Lipinski definition) is 5. The molecule has 0 bridgehead atoms. The monoisotopic (exact) mass is 810 g/mol. The Morgan fingerprint density at radius 2 is 0.952 bits per heavy atom. The van der Waals surface area contributed by atoms with Gasteiger partial charge in [0.2, 0.25) is 0 Å². The zero-order valence-electron chi connectivity index (χ0n) is 34.6. The Labute approximate surface area is 362 Å². The summed E-state index contributed by atoms with van der Waals surface area (Å²) < 4.78 is 15.2. The minimum Gasteiger partial charge on any atom is -0.456 e. The van der Waals surface area contributed by atoms with E-state index < -0.39 is 0 Å². The Kier molecular flexibility index (Phi) is 8.50. The van der Waals surface area contributed by atoms with Gasteiger partial charge in [-0.2, -0.15) is 0 Å². The van der Waals surface area contributed by atoms with Crippen molar-refractivity contribution in [2.75, 3.05) is 0 Å². The highest BCUT2D eigenvalue weighted by atomic mass is 16.3. The number of furan rings is 2. The van der Waals surface area contributed by atoms with E-state index in [1.54, 1.807) is 0 Å². The van der Waals surface area contributed by atoms with Crippen LogP contribution in [0.5, 0.6) is 0 Å². The summed E-state index contributed by atoms with van der Waals surface area (Å²) >= 11 is 0. The van der Waals surface area contributed by atoms with Crippen molar-refractivity contribution >= 4 is 76.5 Å². The fourth-order valence-electron chi connectivity index (χ4n) is 9.23. The molecule has 9 aromatic carbocycles. The van der Waals surface area contributed by atoms with Crippen LogP contribution in [0.25, 0.3) is 127 Å². The molecule has 0 fully saturated rings. The molecule has 0 spiro atoms. The average Bonchev–Trinajstić information content (AvgIpc) is 4.04. The number of fused-ring (bicyclic) bond motifs is 11. The molecule has 4 aromatic heterocycles. The van der Waals surface area contributed by atoms with Gasteiger partial charge in [-0.05, 0) is 70.9 Å². The lowest BCUT2D eigenvalue weighted by Gasteiger charge is -2.13. The number of nitrogens with zero attached hydrogens (tertiary/aromatic N) is 4. The summed E-state index contributed by atoms with van der Waals surface area (Å²) in [4.78, 5) is 15.3. The van der Waals surface area contributed by atoms with Crippen LogP contribution in [0.1, 0.15) is 13.8 Å². The Morgan fingerprint density at radius 3 is 1.81 bits per heavy atom. The van der Waals surface area contributed by atoms with Crippen LogP contribution in [0.4, 0.5) is 0 Å². The van der Waals surface area contributed by atoms with E-state index in [0.717, 1.165) is 88.4 Å². The van der Waals surface area contributed by atoms with Gasteiger partial charge < -0.3 is 13.4 Å². The van der Waals surface area contributed by atoms with Gasteiger partial charge in [0.05, 0.1) is 11.0 Å². The molecule has 0 amide bonds. The van der Waals surface area contributed by atoms with Crippen LogP contribution < -0.4 is 0 Å². The molecule has 0 aliphatic rings. The Balaban J connectivity index is 0.00000208. The number of aromatic nitrogens is 4. The molecule has 13 rings (SSSR count). The molecule has 0 saturated heterocycles. The quantitative estimate of drug-likeness (QED) is 0.173. The predicted octanol–water partition coefficient (Wildman–Crippen LogP) is 15.6. The molecule has 6 heteroatoms. The summed E-state index contributed by atoms with van der Waals surface area (Å²) in [6.07, 6.45) is 0. The van der Waals surface area contributed by atoms with Gasteiger partial charge in [-0.15, -0.1) is 0 Å². The van der Waals surface area contributed by atoms with Crippen molar-refractivity contribution in [1.29, 1.82) is 0 Å². The standard InChI is InChI=1S/C55H32N4O2.C2H6/c1-2-13-34(14-3-1)53-56-54(58-55(57-53)37-25-27-43-42-19-7-9-23-47(42)60-49(43)32-37)36-15-10-16-38(30-36)59-46-22-8-6-18-41(46)44-21-11-20-40(52(44)59)35-24-28-45-50(31-35)61-48-29-26-33-12-4-5-17-39(33)51(45)48;1-2/h1-32H;1-2H3. The van der Waals surface area contributed by atoms with E-state index in [4.69, 9.17) is 23.8 Å². The molecule has 6 nitrogen and oxygen atoms in total. The molecule has 0 radical (unpaired) electrons. The van der Waals surface area contributed by atoms with E-state index in [0.29, 0.717) is 17.5 Å². The van der Waals surface area contributed by atoms with Crippen molar-refractivity contribution in [3.8, 4) is 51.0 Å². The van der Waals surface area contributed by atoms with Crippen molar-refractivity contribution in [3.05, 3.63) is 194 Å². The minimum atomic E-state index is 0.574. The van der Waals surface area contributed by atoms with Crippen LogP contribution in [0.15, 0.2) is 203 Å². The predicted molar refractivity (Wildman–Crippen MR) is 259 cm³/mol. The van der Waals surface area contributed by atoms with Crippen LogP contribution in [-0.4, -0.2) is 19.5 Å². The van der Waals surface area contributed by atoms with E-state index in [9.17, 15) is 0 Å². The molecule has 298 valence electrons. The highest BCUT2D eigenvalue weighted by Crippen LogP contribution is 2.42. The van der Waals surface area contributed by atoms with Crippen molar-refractivity contribution in [2.24, 2.45) is 0 Å². The van der Waals surface area contributed by atoms with E-state index in [1.165, 1.54) is 21.5 Å².